The second kappa shape index (κ2) is 5.14. The van der Waals surface area contributed by atoms with Gasteiger partial charge in [-0.05, 0) is 37.6 Å². The Bertz CT molecular complexity index is 1090. The highest BCUT2D eigenvalue weighted by atomic mass is 16.5. The van der Waals surface area contributed by atoms with Crippen LogP contribution >= 0.6 is 0 Å². The number of phenols is 2. The van der Waals surface area contributed by atoms with Crippen LogP contribution in [0, 0.1) is 0 Å². The van der Waals surface area contributed by atoms with E-state index in [1.54, 1.807) is 6.07 Å². The normalized spacial score (nSPS) is 15.0. The minimum Gasteiger partial charge on any atom is -0.508 e. The minimum atomic E-state index is -0.371. The molecular weight excluding hydrogens is 320 g/mol. The number of hydrogen-bond donors (Lipinski definition) is 2. The van der Waals surface area contributed by atoms with E-state index in [2.05, 4.69) is 0 Å². The van der Waals surface area contributed by atoms with Crippen LogP contribution in [0.15, 0.2) is 51.9 Å². The Morgan fingerprint density at radius 1 is 1.08 bits per heavy atom. The molecule has 1 aliphatic heterocycles. The Morgan fingerprint density at radius 3 is 2.68 bits per heavy atom. The lowest BCUT2D eigenvalue weighted by Crippen LogP contribution is -2.27. The monoisotopic (exact) mass is 336 g/mol. The molecule has 2 heterocycles. The van der Waals surface area contributed by atoms with Gasteiger partial charge in [0.25, 0.3) is 0 Å². The molecule has 5 nitrogen and oxygen atoms in total. The van der Waals surface area contributed by atoms with Crippen LogP contribution < -0.4 is 10.2 Å². The molecule has 5 heteroatoms. The predicted molar refractivity (Wildman–Crippen MR) is 95.0 cm³/mol. The van der Waals surface area contributed by atoms with Crippen LogP contribution in [0.25, 0.3) is 28.2 Å². The molecule has 0 spiro atoms. The van der Waals surface area contributed by atoms with Crippen molar-refractivity contribution >= 4 is 17.0 Å². The molecule has 1 aliphatic rings. The number of aromatic hydroxyl groups is 2. The topological polar surface area (TPSA) is 79.9 Å². The number of fused-ring (bicyclic) bond motifs is 2. The summed E-state index contributed by atoms with van der Waals surface area (Å²) in [5.74, 6) is 0.266. The first-order valence-electron chi connectivity index (χ1n) is 7.84. The van der Waals surface area contributed by atoms with E-state index in [0.717, 1.165) is 17.4 Å². The quantitative estimate of drug-likeness (QED) is 0.700. The van der Waals surface area contributed by atoms with Gasteiger partial charge in [-0.2, -0.15) is 0 Å². The third-order valence-electron chi connectivity index (χ3n) is 4.20. The average Bonchev–Trinajstić information content (AvgIpc) is 2.53. The average molecular weight is 336 g/mol. The van der Waals surface area contributed by atoms with Gasteiger partial charge in [-0.3, -0.25) is 4.79 Å². The summed E-state index contributed by atoms with van der Waals surface area (Å²) in [5, 5.41) is 19.6. The summed E-state index contributed by atoms with van der Waals surface area (Å²) in [4.78, 5) is 12.8. The zero-order chi connectivity index (χ0) is 17.8. The number of benzene rings is 2. The number of rotatable bonds is 1. The number of ether oxygens (including phenoxy) is 1. The summed E-state index contributed by atoms with van der Waals surface area (Å²) in [6.45, 7) is 3.94. The molecule has 25 heavy (non-hydrogen) atoms. The van der Waals surface area contributed by atoms with Crippen LogP contribution in [-0.2, 0) is 0 Å². The minimum absolute atomic E-state index is 0.0425. The van der Waals surface area contributed by atoms with Gasteiger partial charge < -0.3 is 19.4 Å². The van der Waals surface area contributed by atoms with Crippen LogP contribution in [0.4, 0.5) is 0 Å². The van der Waals surface area contributed by atoms with Gasteiger partial charge in [0.15, 0.2) is 0 Å². The molecule has 0 saturated carbocycles. The SMILES string of the molecule is CC1(C)C=Cc2cc(-c3coc4cc(O)cc(O)c4c3=O)ccc2O1. The van der Waals surface area contributed by atoms with Gasteiger partial charge in [0.05, 0.1) is 5.56 Å². The summed E-state index contributed by atoms with van der Waals surface area (Å²) >= 11 is 0. The van der Waals surface area contributed by atoms with E-state index in [9.17, 15) is 15.0 Å². The predicted octanol–water partition coefficient (Wildman–Crippen LogP) is 4.06. The van der Waals surface area contributed by atoms with Crippen LogP contribution in [0.3, 0.4) is 0 Å². The molecule has 3 aromatic rings. The molecule has 0 fully saturated rings. The standard InChI is InChI=1S/C20H16O5/c1-20(2)6-5-12-7-11(3-4-16(12)25-20)14-10-24-17-9-13(21)8-15(22)18(17)19(14)23/h3-10,21-22H,1-2H3. The first kappa shape index (κ1) is 15.3. The lowest BCUT2D eigenvalue weighted by atomic mass is 9.98. The Balaban J connectivity index is 1.89. The molecule has 0 radical (unpaired) electrons. The second-order valence-corrected chi connectivity index (χ2v) is 6.61. The molecule has 2 aromatic carbocycles. The van der Waals surface area contributed by atoms with Crippen LogP contribution in [-0.4, -0.2) is 15.8 Å². The summed E-state index contributed by atoms with van der Waals surface area (Å²) in [6.07, 6.45) is 5.25. The third kappa shape index (κ3) is 2.54. The Hall–Kier alpha value is -3.21. The number of hydrogen-bond acceptors (Lipinski definition) is 5. The molecule has 0 saturated heterocycles. The molecule has 0 aliphatic carbocycles. The van der Waals surface area contributed by atoms with Gasteiger partial charge in [-0.15, -0.1) is 0 Å². The maximum Gasteiger partial charge on any atom is 0.204 e. The van der Waals surface area contributed by atoms with Crippen molar-refractivity contribution in [3.63, 3.8) is 0 Å². The summed E-state index contributed by atoms with van der Waals surface area (Å²) in [5.41, 5.74) is 1.26. The van der Waals surface area contributed by atoms with E-state index in [1.807, 2.05) is 38.1 Å². The molecule has 2 N–H and O–H groups in total. The van der Waals surface area contributed by atoms with Crippen molar-refractivity contribution in [2.24, 2.45) is 0 Å². The summed E-state index contributed by atoms with van der Waals surface area (Å²) in [7, 11) is 0. The van der Waals surface area contributed by atoms with E-state index in [4.69, 9.17) is 9.15 Å². The van der Waals surface area contributed by atoms with Gasteiger partial charge >= 0.3 is 0 Å². The van der Waals surface area contributed by atoms with Crippen molar-refractivity contribution in [2.45, 2.75) is 19.4 Å². The van der Waals surface area contributed by atoms with Crippen molar-refractivity contribution < 1.29 is 19.4 Å². The van der Waals surface area contributed by atoms with Crippen LogP contribution in [0.2, 0.25) is 0 Å². The van der Waals surface area contributed by atoms with E-state index >= 15 is 0 Å². The van der Waals surface area contributed by atoms with E-state index in [-0.39, 0.29) is 33.5 Å². The molecule has 1 aromatic heterocycles. The van der Waals surface area contributed by atoms with Crippen molar-refractivity contribution in [1.82, 2.24) is 0 Å². The van der Waals surface area contributed by atoms with Crippen molar-refractivity contribution in [1.29, 1.82) is 0 Å². The van der Waals surface area contributed by atoms with Gasteiger partial charge in [0, 0.05) is 17.7 Å². The zero-order valence-corrected chi connectivity index (χ0v) is 13.7. The van der Waals surface area contributed by atoms with Gasteiger partial charge in [-0.1, -0.05) is 12.1 Å². The molecule has 126 valence electrons. The molecule has 0 bridgehead atoms. The highest BCUT2D eigenvalue weighted by Crippen LogP contribution is 2.34. The van der Waals surface area contributed by atoms with Gasteiger partial charge in [0.1, 0.15) is 40.1 Å². The van der Waals surface area contributed by atoms with Crippen molar-refractivity contribution in [3.8, 4) is 28.4 Å². The maximum absolute atomic E-state index is 12.8. The van der Waals surface area contributed by atoms with E-state index in [1.165, 1.54) is 12.3 Å². The van der Waals surface area contributed by atoms with Crippen molar-refractivity contribution in [3.05, 3.63) is 58.5 Å². The number of phenolic OH excluding ortho intramolecular Hbond substituents is 2. The zero-order valence-electron chi connectivity index (χ0n) is 13.7. The fourth-order valence-electron chi connectivity index (χ4n) is 2.96. The first-order valence-corrected chi connectivity index (χ1v) is 7.84. The van der Waals surface area contributed by atoms with Crippen LogP contribution in [0.5, 0.6) is 17.2 Å². The molecule has 4 rings (SSSR count). The highest BCUT2D eigenvalue weighted by Gasteiger charge is 2.22. The van der Waals surface area contributed by atoms with E-state index < -0.39 is 0 Å². The maximum atomic E-state index is 12.8. The smallest absolute Gasteiger partial charge is 0.204 e. The molecule has 0 amide bonds. The second-order valence-electron chi connectivity index (χ2n) is 6.61. The van der Waals surface area contributed by atoms with Gasteiger partial charge in [-0.25, -0.2) is 0 Å². The first-order chi connectivity index (χ1) is 11.8. The van der Waals surface area contributed by atoms with Crippen molar-refractivity contribution in [2.75, 3.05) is 0 Å². The molecule has 0 unspecified atom stereocenters. The fourth-order valence-corrected chi connectivity index (χ4v) is 2.96. The lowest BCUT2D eigenvalue weighted by molar-refractivity contribution is 0.159. The Labute approximate surface area is 143 Å². The summed E-state index contributed by atoms with van der Waals surface area (Å²) in [6, 6.07) is 7.86. The summed E-state index contributed by atoms with van der Waals surface area (Å²) < 4.78 is 11.3. The highest BCUT2D eigenvalue weighted by molar-refractivity contribution is 5.88. The Kier molecular flexibility index (Phi) is 3.15. The molecule has 0 atom stereocenters. The lowest BCUT2D eigenvalue weighted by Gasteiger charge is -2.28. The van der Waals surface area contributed by atoms with Gasteiger partial charge in [0.2, 0.25) is 5.43 Å². The fraction of sp³-hybridized carbons (Fsp3) is 0.150. The van der Waals surface area contributed by atoms with E-state index in [0.29, 0.717) is 11.1 Å². The molecular formula is C20H16O5. The Morgan fingerprint density at radius 2 is 1.88 bits per heavy atom. The third-order valence-corrected chi connectivity index (χ3v) is 4.20. The van der Waals surface area contributed by atoms with Crippen LogP contribution in [0.1, 0.15) is 19.4 Å². The largest absolute Gasteiger partial charge is 0.508 e.